The molecule has 1 aromatic heterocycles. The molecule has 0 aliphatic carbocycles. The number of nitrogens with one attached hydrogen (secondary N) is 3. The molecule has 0 spiro atoms. The van der Waals surface area contributed by atoms with Gasteiger partial charge in [0.1, 0.15) is 6.04 Å². The summed E-state index contributed by atoms with van der Waals surface area (Å²) in [7, 11) is 0. The summed E-state index contributed by atoms with van der Waals surface area (Å²) in [5, 5.41) is 7.97. The molecule has 1 fully saturated rings. The van der Waals surface area contributed by atoms with Gasteiger partial charge in [-0.25, -0.2) is 4.79 Å². The Balaban J connectivity index is 1.61. The third-order valence-corrected chi connectivity index (χ3v) is 4.51. The Bertz CT molecular complexity index is 722. The zero-order chi connectivity index (χ0) is 17.3. The molecule has 0 bridgehead atoms. The van der Waals surface area contributed by atoms with Gasteiger partial charge >= 0.3 is 6.03 Å². The molecule has 0 unspecified atom stereocenters. The molecule has 2 aliphatic heterocycles. The van der Waals surface area contributed by atoms with Crippen LogP contribution in [0.25, 0.3) is 0 Å². The molecule has 1 aromatic rings. The quantitative estimate of drug-likeness (QED) is 0.634. The Labute approximate surface area is 138 Å². The van der Waals surface area contributed by atoms with Crippen molar-refractivity contribution in [2.75, 3.05) is 19.6 Å². The normalized spacial score (nSPS) is 20.8. The number of hydrogen-bond acceptors (Lipinski definition) is 4. The molecule has 3 rings (SSSR count). The number of amides is 4. The first-order chi connectivity index (χ1) is 11.5. The van der Waals surface area contributed by atoms with Crippen LogP contribution in [0, 0.1) is 0 Å². The van der Waals surface area contributed by atoms with Gasteiger partial charge in [0.15, 0.2) is 0 Å². The van der Waals surface area contributed by atoms with Crippen molar-refractivity contribution in [3.8, 4) is 0 Å². The van der Waals surface area contributed by atoms with Crippen LogP contribution in [0.5, 0.6) is 0 Å². The summed E-state index contributed by atoms with van der Waals surface area (Å²) in [6, 6.07) is -1.22. The van der Waals surface area contributed by atoms with Gasteiger partial charge in [0, 0.05) is 37.3 Å². The molecule has 0 aromatic carbocycles. The van der Waals surface area contributed by atoms with E-state index in [2.05, 4.69) is 15.5 Å². The van der Waals surface area contributed by atoms with E-state index < -0.39 is 12.1 Å². The number of rotatable bonds is 4. The standard InChI is InChI=1S/C15H21N5O4/c1-2-5-20-14(23)11(16-15(20)24)8-12(21)19-6-3-9-10(4-7-19)17-18-13(9)22/h11H,2-8H2,1H3,(H,16,24)(H2,17,18,22)/t11-/m1/s1. The first kappa shape index (κ1) is 16.3. The van der Waals surface area contributed by atoms with Crippen molar-refractivity contribution >= 4 is 17.8 Å². The number of fused-ring (bicyclic) bond motifs is 1. The minimum absolute atomic E-state index is 0.0465. The maximum absolute atomic E-state index is 12.5. The van der Waals surface area contributed by atoms with E-state index in [1.54, 1.807) is 4.90 Å². The summed E-state index contributed by atoms with van der Waals surface area (Å²) in [4.78, 5) is 50.9. The predicted molar refractivity (Wildman–Crippen MR) is 84.3 cm³/mol. The number of nitrogens with zero attached hydrogens (tertiary/aromatic N) is 2. The molecule has 9 nitrogen and oxygen atoms in total. The minimum atomic E-state index is -0.791. The first-order valence-electron chi connectivity index (χ1n) is 8.19. The number of hydrogen-bond donors (Lipinski definition) is 3. The van der Waals surface area contributed by atoms with Crippen LogP contribution in [0.3, 0.4) is 0 Å². The van der Waals surface area contributed by atoms with E-state index in [0.29, 0.717) is 44.5 Å². The second-order valence-electron chi connectivity index (χ2n) is 6.11. The number of H-pyrrole nitrogens is 2. The predicted octanol–water partition coefficient (Wildman–Crippen LogP) is -0.649. The molecular weight excluding hydrogens is 314 g/mol. The van der Waals surface area contributed by atoms with Crippen LogP contribution in [0.1, 0.15) is 31.0 Å². The smallest absolute Gasteiger partial charge is 0.324 e. The summed E-state index contributed by atoms with van der Waals surface area (Å²) in [5.41, 5.74) is 1.37. The van der Waals surface area contributed by atoms with Gasteiger partial charge in [-0.3, -0.25) is 24.4 Å². The van der Waals surface area contributed by atoms with Crippen molar-refractivity contribution in [3.05, 3.63) is 21.6 Å². The number of urea groups is 1. The van der Waals surface area contributed by atoms with Gasteiger partial charge in [-0.1, -0.05) is 6.92 Å². The third-order valence-electron chi connectivity index (χ3n) is 4.51. The zero-order valence-corrected chi connectivity index (χ0v) is 13.6. The highest BCUT2D eigenvalue weighted by atomic mass is 16.2. The summed E-state index contributed by atoms with van der Waals surface area (Å²) in [5.74, 6) is -0.528. The summed E-state index contributed by atoms with van der Waals surface area (Å²) < 4.78 is 0. The molecule has 24 heavy (non-hydrogen) atoms. The van der Waals surface area contributed by atoms with Crippen LogP contribution in [-0.4, -0.2) is 63.5 Å². The Kier molecular flexibility index (Phi) is 4.41. The number of carbonyl (C=O) groups excluding carboxylic acids is 3. The number of carbonyl (C=O) groups is 3. The Morgan fingerprint density at radius 2 is 1.92 bits per heavy atom. The van der Waals surface area contributed by atoms with E-state index in [1.165, 1.54) is 0 Å². The van der Waals surface area contributed by atoms with E-state index in [1.807, 2.05) is 6.92 Å². The monoisotopic (exact) mass is 335 g/mol. The summed E-state index contributed by atoms with van der Waals surface area (Å²) in [6.07, 6.45) is 1.67. The average molecular weight is 335 g/mol. The van der Waals surface area contributed by atoms with Gasteiger partial charge in [0.25, 0.3) is 11.5 Å². The van der Waals surface area contributed by atoms with Gasteiger partial charge < -0.3 is 15.3 Å². The van der Waals surface area contributed by atoms with Crippen molar-refractivity contribution in [3.63, 3.8) is 0 Å². The van der Waals surface area contributed by atoms with Crippen molar-refractivity contribution in [2.45, 2.75) is 38.6 Å². The highest BCUT2D eigenvalue weighted by Crippen LogP contribution is 2.14. The van der Waals surface area contributed by atoms with Gasteiger partial charge in [-0.15, -0.1) is 0 Å². The molecule has 9 heteroatoms. The van der Waals surface area contributed by atoms with Crippen molar-refractivity contribution in [1.29, 1.82) is 0 Å². The maximum Gasteiger partial charge on any atom is 0.324 e. The average Bonchev–Trinajstić information content (AvgIpc) is 2.93. The lowest BCUT2D eigenvalue weighted by Crippen LogP contribution is -2.40. The molecule has 2 aliphatic rings. The van der Waals surface area contributed by atoms with Crippen LogP contribution in [0.4, 0.5) is 4.79 Å². The molecule has 3 heterocycles. The summed E-state index contributed by atoms with van der Waals surface area (Å²) >= 11 is 0. The van der Waals surface area contributed by atoms with E-state index in [-0.39, 0.29) is 23.8 Å². The van der Waals surface area contributed by atoms with Crippen molar-refractivity contribution < 1.29 is 14.4 Å². The summed E-state index contributed by atoms with van der Waals surface area (Å²) in [6.45, 7) is 3.15. The van der Waals surface area contributed by atoms with Crippen LogP contribution in [0.15, 0.2) is 4.79 Å². The first-order valence-corrected chi connectivity index (χ1v) is 8.19. The number of imide groups is 1. The molecular formula is C15H21N5O4. The largest absolute Gasteiger partial charge is 0.342 e. The minimum Gasteiger partial charge on any atom is -0.342 e. The van der Waals surface area contributed by atoms with E-state index in [9.17, 15) is 19.2 Å². The number of aromatic nitrogens is 2. The topological polar surface area (TPSA) is 118 Å². The van der Waals surface area contributed by atoms with Gasteiger partial charge in [0.2, 0.25) is 5.91 Å². The molecule has 0 radical (unpaired) electrons. The van der Waals surface area contributed by atoms with Gasteiger partial charge in [0.05, 0.1) is 6.42 Å². The molecule has 3 N–H and O–H groups in total. The highest BCUT2D eigenvalue weighted by molar-refractivity contribution is 6.05. The fourth-order valence-electron chi connectivity index (χ4n) is 3.21. The van der Waals surface area contributed by atoms with E-state index >= 15 is 0 Å². The second-order valence-corrected chi connectivity index (χ2v) is 6.11. The zero-order valence-electron chi connectivity index (χ0n) is 13.6. The van der Waals surface area contributed by atoms with E-state index in [4.69, 9.17) is 0 Å². The fourth-order valence-corrected chi connectivity index (χ4v) is 3.21. The SMILES string of the molecule is CCCN1C(=O)N[C@H](CC(=O)N2CCc3[nH][nH]c(=O)c3CC2)C1=O. The lowest BCUT2D eigenvalue weighted by atomic mass is 10.1. The van der Waals surface area contributed by atoms with Gasteiger partial charge in [-0.05, 0) is 12.8 Å². The Hall–Kier alpha value is -2.58. The van der Waals surface area contributed by atoms with Crippen LogP contribution in [0.2, 0.25) is 0 Å². The Morgan fingerprint density at radius 1 is 1.17 bits per heavy atom. The fraction of sp³-hybridized carbons (Fsp3) is 0.600. The lowest BCUT2D eigenvalue weighted by Gasteiger charge is -2.21. The molecule has 0 saturated carbocycles. The molecule has 130 valence electrons. The number of aromatic amines is 2. The molecule has 4 amide bonds. The molecule has 1 atom stereocenters. The second kappa shape index (κ2) is 6.50. The Morgan fingerprint density at radius 3 is 2.67 bits per heavy atom. The highest BCUT2D eigenvalue weighted by Gasteiger charge is 2.39. The van der Waals surface area contributed by atoms with Crippen LogP contribution in [-0.2, 0) is 22.4 Å². The van der Waals surface area contributed by atoms with Gasteiger partial charge in [-0.2, -0.15) is 0 Å². The van der Waals surface area contributed by atoms with Crippen molar-refractivity contribution in [1.82, 2.24) is 25.3 Å². The molecule has 1 saturated heterocycles. The maximum atomic E-state index is 12.5. The van der Waals surface area contributed by atoms with Crippen LogP contribution < -0.4 is 10.9 Å². The lowest BCUT2D eigenvalue weighted by molar-refractivity contribution is -0.135. The third kappa shape index (κ3) is 2.93. The van der Waals surface area contributed by atoms with Crippen LogP contribution >= 0.6 is 0 Å². The van der Waals surface area contributed by atoms with Crippen molar-refractivity contribution in [2.24, 2.45) is 0 Å². The van der Waals surface area contributed by atoms with E-state index in [0.717, 1.165) is 10.6 Å².